The smallest absolute Gasteiger partial charge is 0.184 e. The third-order valence-corrected chi connectivity index (χ3v) is 12.7. The Bertz CT molecular complexity index is 1160. The monoisotopic (exact) mass is 565 g/mol. The van der Waals surface area contributed by atoms with Crippen LogP contribution in [0.25, 0.3) is 0 Å². The summed E-state index contributed by atoms with van der Waals surface area (Å²) in [5.74, 6) is 0.259. The highest BCUT2D eigenvalue weighted by Crippen LogP contribution is 2.58. The van der Waals surface area contributed by atoms with Gasteiger partial charge in [-0.3, -0.25) is 0 Å². The third kappa shape index (κ3) is 6.74. The van der Waals surface area contributed by atoms with Gasteiger partial charge in [-0.15, -0.1) is 0 Å². The summed E-state index contributed by atoms with van der Waals surface area (Å²) in [5.41, 5.74) is 1.07. The van der Waals surface area contributed by atoms with Crippen molar-refractivity contribution in [2.24, 2.45) is 5.92 Å². The molecule has 37 heavy (non-hydrogen) atoms. The van der Waals surface area contributed by atoms with Gasteiger partial charge < -0.3 is 4.43 Å². The van der Waals surface area contributed by atoms with E-state index in [2.05, 4.69) is 118 Å². The van der Waals surface area contributed by atoms with Crippen molar-refractivity contribution < 1.29 is 4.43 Å². The summed E-state index contributed by atoms with van der Waals surface area (Å²) in [5, 5.41) is 5.47. The Morgan fingerprint density at radius 3 is 1.43 bits per heavy atom. The fraction of sp³-hybridized carbons (Fsp3) is 0.250. The zero-order chi connectivity index (χ0) is 26.5. The molecule has 0 N–H and O–H groups in total. The molecule has 0 heterocycles. The molecular weight excluding hydrogens is 530 g/mol. The van der Waals surface area contributed by atoms with Gasteiger partial charge in [0.05, 0.1) is 12.3 Å². The van der Waals surface area contributed by atoms with E-state index < -0.39 is 15.6 Å². The van der Waals surface area contributed by atoms with Crippen LogP contribution < -0.4 is 15.9 Å². The molecule has 4 aromatic carbocycles. The van der Waals surface area contributed by atoms with Crippen LogP contribution in [0.1, 0.15) is 25.0 Å². The summed E-state index contributed by atoms with van der Waals surface area (Å²) in [6, 6.07) is 39.1. The van der Waals surface area contributed by atoms with Crippen molar-refractivity contribution in [2.75, 3.05) is 6.16 Å². The largest absolute Gasteiger partial charge is 0.410 e. The van der Waals surface area contributed by atoms with Gasteiger partial charge in [0.1, 0.15) is 23.2 Å². The maximum atomic E-state index is 6.98. The van der Waals surface area contributed by atoms with Gasteiger partial charge in [-0.05, 0) is 86.2 Å². The topological polar surface area (TPSA) is 9.23 Å². The second-order valence-electron chi connectivity index (χ2n) is 10.5. The molecule has 1 nitrogen and oxygen atoms in total. The average molecular weight is 567 g/mol. The fourth-order valence-electron chi connectivity index (χ4n) is 5.16. The van der Waals surface area contributed by atoms with Gasteiger partial charge in [-0.1, -0.05) is 84.7 Å². The van der Waals surface area contributed by atoms with Crippen molar-refractivity contribution >= 4 is 54.7 Å². The Morgan fingerprint density at radius 1 is 0.676 bits per heavy atom. The number of hydrogen-bond acceptors (Lipinski definition) is 1. The highest BCUT2D eigenvalue weighted by molar-refractivity contribution is 7.95. The lowest BCUT2D eigenvalue weighted by molar-refractivity contribution is 0.136. The lowest BCUT2D eigenvalue weighted by Gasteiger charge is -2.37. The minimum Gasteiger partial charge on any atom is -0.410 e. The first-order valence-electron chi connectivity index (χ1n) is 12.9. The summed E-state index contributed by atoms with van der Waals surface area (Å²) < 4.78 is 6.98. The number of halogens is 2. The van der Waals surface area contributed by atoms with E-state index in [0.717, 1.165) is 18.1 Å². The fourth-order valence-corrected chi connectivity index (χ4v) is 11.5. The standard InChI is InChI=1S/C32H36Cl2OPSi/c1-5-25(32(35-37(2,3)4)26-21-27(33)23-28(34)22-26)24-36(29-15-9-6-10-16-29,30-17-11-7-12-18-30)31-19-13-8-14-20-31/h6-23,25,32H,5,24H2,1-4H3/q+1. The van der Waals surface area contributed by atoms with E-state index in [9.17, 15) is 0 Å². The van der Waals surface area contributed by atoms with E-state index in [-0.39, 0.29) is 12.0 Å². The molecule has 0 saturated carbocycles. The van der Waals surface area contributed by atoms with Crippen molar-refractivity contribution in [3.05, 3.63) is 125 Å². The molecule has 0 amide bonds. The Balaban J connectivity index is 1.94. The lowest BCUT2D eigenvalue weighted by atomic mass is 9.95. The lowest BCUT2D eigenvalue weighted by Crippen LogP contribution is -2.39. The molecule has 5 heteroatoms. The molecule has 192 valence electrons. The maximum absolute atomic E-state index is 6.98. The molecule has 0 aromatic heterocycles. The minimum atomic E-state index is -2.02. The van der Waals surface area contributed by atoms with Crippen molar-refractivity contribution in [1.29, 1.82) is 0 Å². The van der Waals surface area contributed by atoms with Crippen molar-refractivity contribution in [3.63, 3.8) is 0 Å². The molecule has 4 aromatic rings. The maximum Gasteiger partial charge on any atom is 0.184 e. The van der Waals surface area contributed by atoms with E-state index in [0.29, 0.717) is 10.0 Å². The van der Waals surface area contributed by atoms with E-state index in [1.807, 2.05) is 12.1 Å². The summed E-state index contributed by atoms with van der Waals surface area (Å²) >= 11 is 13.0. The van der Waals surface area contributed by atoms with Crippen molar-refractivity contribution in [3.8, 4) is 0 Å². The predicted molar refractivity (Wildman–Crippen MR) is 167 cm³/mol. The molecule has 0 aliphatic carbocycles. The predicted octanol–water partition coefficient (Wildman–Crippen LogP) is 8.91. The molecular formula is C32H36Cl2OPSi+. The molecule has 0 bridgehead atoms. The Kier molecular flexibility index (Phi) is 9.32. The summed E-state index contributed by atoms with van der Waals surface area (Å²) in [6.45, 7) is 9.06. The number of benzene rings is 4. The van der Waals surface area contributed by atoms with Gasteiger partial charge in [-0.25, -0.2) is 0 Å². The van der Waals surface area contributed by atoms with E-state index in [1.54, 1.807) is 6.07 Å². The molecule has 2 atom stereocenters. The Hall–Kier alpha value is -1.93. The molecule has 0 fully saturated rings. The number of hydrogen-bond donors (Lipinski definition) is 0. The van der Waals surface area contributed by atoms with Crippen LogP contribution in [-0.4, -0.2) is 14.5 Å². The molecule has 2 unspecified atom stereocenters. The first-order valence-corrected chi connectivity index (χ1v) is 19.1. The molecule has 0 aliphatic heterocycles. The summed E-state index contributed by atoms with van der Waals surface area (Å²) in [4.78, 5) is 0. The second-order valence-corrected chi connectivity index (χ2v) is 19.4. The second kappa shape index (κ2) is 12.3. The van der Waals surface area contributed by atoms with Gasteiger partial charge in [0.15, 0.2) is 8.32 Å². The zero-order valence-corrected chi connectivity index (χ0v) is 25.5. The van der Waals surface area contributed by atoms with Gasteiger partial charge in [-0.2, -0.15) is 0 Å². The summed E-state index contributed by atoms with van der Waals surface area (Å²) in [6.07, 6.45) is 1.87. The first kappa shape index (κ1) is 28.1. The molecule has 0 radical (unpaired) electrons. The minimum absolute atomic E-state index is 0.0941. The van der Waals surface area contributed by atoms with E-state index >= 15 is 0 Å². The van der Waals surface area contributed by atoms with Crippen LogP contribution in [-0.2, 0) is 4.43 Å². The molecule has 0 aliphatic rings. The Morgan fingerprint density at radius 2 is 1.08 bits per heavy atom. The molecule has 0 saturated heterocycles. The van der Waals surface area contributed by atoms with Gasteiger partial charge in [0.2, 0.25) is 0 Å². The average Bonchev–Trinajstić information content (AvgIpc) is 2.89. The van der Waals surface area contributed by atoms with Crippen LogP contribution in [0.3, 0.4) is 0 Å². The van der Waals surface area contributed by atoms with E-state index in [1.165, 1.54) is 15.9 Å². The van der Waals surface area contributed by atoms with Crippen LogP contribution in [0.5, 0.6) is 0 Å². The highest BCUT2D eigenvalue weighted by atomic mass is 35.5. The normalized spacial score (nSPS) is 13.8. The van der Waals surface area contributed by atoms with Gasteiger partial charge in [0.25, 0.3) is 0 Å². The zero-order valence-electron chi connectivity index (χ0n) is 22.1. The number of rotatable bonds is 10. The Labute approximate surface area is 234 Å². The van der Waals surface area contributed by atoms with Crippen molar-refractivity contribution in [1.82, 2.24) is 0 Å². The van der Waals surface area contributed by atoms with Crippen LogP contribution in [0.4, 0.5) is 0 Å². The molecule has 0 spiro atoms. The molecule has 4 rings (SSSR count). The summed E-state index contributed by atoms with van der Waals surface area (Å²) in [7, 11) is -3.92. The highest BCUT2D eigenvalue weighted by Gasteiger charge is 2.48. The van der Waals surface area contributed by atoms with Crippen LogP contribution in [0.15, 0.2) is 109 Å². The van der Waals surface area contributed by atoms with E-state index in [4.69, 9.17) is 27.6 Å². The van der Waals surface area contributed by atoms with Crippen molar-refractivity contribution in [2.45, 2.75) is 39.1 Å². The third-order valence-electron chi connectivity index (χ3n) is 6.75. The SMILES string of the molecule is CCC(C[P+](c1ccccc1)(c1ccccc1)c1ccccc1)C(O[Si](C)(C)C)c1cc(Cl)cc(Cl)c1. The van der Waals surface area contributed by atoms with Gasteiger partial charge >= 0.3 is 0 Å². The van der Waals surface area contributed by atoms with Crippen LogP contribution >= 0.6 is 30.5 Å². The van der Waals surface area contributed by atoms with Gasteiger partial charge in [0, 0.05) is 16.0 Å². The first-order chi connectivity index (χ1) is 17.7. The van der Waals surface area contributed by atoms with Crippen LogP contribution in [0, 0.1) is 5.92 Å². The quantitative estimate of drug-likeness (QED) is 0.138. The van der Waals surface area contributed by atoms with Crippen LogP contribution in [0.2, 0.25) is 29.7 Å².